The van der Waals surface area contributed by atoms with Gasteiger partial charge in [0.05, 0.1) is 13.7 Å². The molecule has 0 spiro atoms. The maximum absolute atomic E-state index is 6.35. The molecule has 0 heterocycles. The first-order chi connectivity index (χ1) is 12.7. The quantitative estimate of drug-likeness (QED) is 0.446. The third kappa shape index (κ3) is 5.21. The molecule has 0 aliphatic rings. The first-order valence-electron chi connectivity index (χ1n) is 8.31. The van der Waals surface area contributed by atoms with Crippen LogP contribution in [0.1, 0.15) is 11.1 Å². The lowest BCUT2D eigenvalue weighted by Crippen LogP contribution is -2.05. The van der Waals surface area contributed by atoms with Gasteiger partial charge in [-0.2, -0.15) is 0 Å². The maximum atomic E-state index is 6.35. The van der Waals surface area contributed by atoms with E-state index in [9.17, 15) is 0 Å². The fraction of sp³-hybridized carbons (Fsp3) is 0.143. The number of benzene rings is 3. The van der Waals surface area contributed by atoms with Crippen molar-refractivity contribution in [2.45, 2.75) is 12.4 Å². The van der Waals surface area contributed by atoms with Crippen molar-refractivity contribution in [3.05, 3.63) is 96.1 Å². The van der Waals surface area contributed by atoms with Gasteiger partial charge in [0.25, 0.3) is 0 Å². The summed E-state index contributed by atoms with van der Waals surface area (Å²) in [6, 6.07) is 28.5. The van der Waals surface area contributed by atoms with Gasteiger partial charge in [-0.05, 0) is 35.4 Å². The Labute approximate surface area is 164 Å². The van der Waals surface area contributed by atoms with Crippen molar-refractivity contribution in [1.82, 2.24) is 0 Å². The molecule has 1 unspecified atom stereocenters. The summed E-state index contributed by atoms with van der Waals surface area (Å²) in [7, 11) is 1.67. The predicted octanol–water partition coefficient (Wildman–Crippen LogP) is 5.78. The summed E-state index contributed by atoms with van der Waals surface area (Å²) in [5.41, 5.74) is 0.150. The summed E-state index contributed by atoms with van der Waals surface area (Å²) in [6.07, 6.45) is 0. The van der Waals surface area contributed by atoms with E-state index in [0.717, 1.165) is 22.4 Å². The van der Waals surface area contributed by atoms with Crippen LogP contribution in [-0.4, -0.2) is 7.11 Å². The van der Waals surface area contributed by atoms with E-state index >= 15 is 0 Å². The Morgan fingerprint density at radius 1 is 0.808 bits per heavy atom. The van der Waals surface area contributed by atoms with Gasteiger partial charge < -0.3 is 9.26 Å². The Kier molecular flexibility index (Phi) is 6.93. The van der Waals surface area contributed by atoms with Crippen molar-refractivity contribution in [1.29, 1.82) is 0 Å². The normalized spacial score (nSPS) is 13.1. The molecule has 0 aromatic heterocycles. The number of hydrogen-bond acceptors (Lipinski definition) is 4. The zero-order chi connectivity index (χ0) is 18.2. The van der Waals surface area contributed by atoms with Crippen LogP contribution in [-0.2, 0) is 28.7 Å². The van der Waals surface area contributed by atoms with Crippen molar-refractivity contribution in [2.75, 3.05) is 7.11 Å². The van der Waals surface area contributed by atoms with E-state index in [2.05, 4.69) is 36.4 Å². The van der Waals surface area contributed by atoms with Crippen LogP contribution >= 0.6 is 16.8 Å². The van der Waals surface area contributed by atoms with Crippen LogP contribution < -0.4 is 10.0 Å². The first-order valence-corrected chi connectivity index (χ1v) is 12.6. The summed E-state index contributed by atoms with van der Waals surface area (Å²) in [6.45, 7) is 0.520. The summed E-state index contributed by atoms with van der Waals surface area (Å²) in [4.78, 5) is 0. The summed E-state index contributed by atoms with van der Waals surface area (Å²) >= 11 is 7.78. The third-order valence-electron chi connectivity index (χ3n) is 3.88. The molecule has 0 saturated heterocycles. The standard InChI is InChI=1S/C21H21O2PS2/c1-22-20-12-14-21(15-13-20)24(25,23-16-18-8-4-2-5-9-18)26-17-19-10-6-3-7-11-19/h2-15H,16-17H2,1H3. The van der Waals surface area contributed by atoms with Crippen LogP contribution in [0.5, 0.6) is 5.75 Å². The van der Waals surface area contributed by atoms with E-state index in [-0.39, 0.29) is 0 Å². The average molecular weight is 401 g/mol. The molecule has 0 fully saturated rings. The molecule has 3 rings (SSSR count). The molecular formula is C21H21O2PS2. The Balaban J connectivity index is 1.80. The fourth-order valence-electron chi connectivity index (χ4n) is 2.42. The van der Waals surface area contributed by atoms with Crippen LogP contribution in [0.3, 0.4) is 0 Å². The molecule has 26 heavy (non-hydrogen) atoms. The molecule has 0 radical (unpaired) electrons. The van der Waals surface area contributed by atoms with Gasteiger partial charge in [-0.25, -0.2) is 0 Å². The molecule has 3 aromatic carbocycles. The van der Waals surface area contributed by atoms with Crippen molar-refractivity contribution in [3.63, 3.8) is 0 Å². The second-order valence-corrected chi connectivity index (χ2v) is 12.6. The third-order valence-corrected chi connectivity index (χ3v) is 10.3. The Morgan fingerprint density at radius 2 is 1.38 bits per heavy atom. The lowest BCUT2D eigenvalue weighted by molar-refractivity contribution is 0.352. The van der Waals surface area contributed by atoms with Gasteiger partial charge in [-0.1, -0.05) is 83.9 Å². The van der Waals surface area contributed by atoms with E-state index < -0.39 is 5.47 Å². The smallest absolute Gasteiger partial charge is 0.149 e. The minimum Gasteiger partial charge on any atom is -0.497 e. The molecule has 0 aliphatic carbocycles. The second-order valence-electron chi connectivity index (χ2n) is 5.71. The average Bonchev–Trinajstić information content (AvgIpc) is 2.72. The van der Waals surface area contributed by atoms with E-state index in [1.807, 2.05) is 48.5 Å². The van der Waals surface area contributed by atoms with Crippen LogP contribution in [0.25, 0.3) is 0 Å². The van der Waals surface area contributed by atoms with Gasteiger partial charge in [-0.3, -0.25) is 0 Å². The largest absolute Gasteiger partial charge is 0.497 e. The highest BCUT2D eigenvalue weighted by Crippen LogP contribution is 2.60. The molecule has 2 nitrogen and oxygen atoms in total. The Morgan fingerprint density at radius 3 is 1.96 bits per heavy atom. The van der Waals surface area contributed by atoms with Gasteiger partial charge in [0.1, 0.15) is 11.2 Å². The second kappa shape index (κ2) is 9.38. The Bertz CT molecular complexity index is 805. The van der Waals surface area contributed by atoms with Gasteiger partial charge in [-0.15, -0.1) is 0 Å². The van der Waals surface area contributed by atoms with E-state index in [4.69, 9.17) is 21.1 Å². The zero-order valence-corrected chi connectivity index (χ0v) is 17.1. The lowest BCUT2D eigenvalue weighted by atomic mass is 10.2. The molecule has 1 atom stereocenters. The molecule has 0 amide bonds. The van der Waals surface area contributed by atoms with Crippen molar-refractivity contribution >= 4 is 34.0 Å². The topological polar surface area (TPSA) is 18.5 Å². The minimum absolute atomic E-state index is 0.520. The molecule has 5 heteroatoms. The first kappa shape index (κ1) is 19.2. The highest BCUT2D eigenvalue weighted by molar-refractivity contribution is 8.71. The number of rotatable bonds is 8. The van der Waals surface area contributed by atoms with E-state index in [0.29, 0.717) is 6.61 Å². The van der Waals surface area contributed by atoms with Crippen LogP contribution in [0, 0.1) is 0 Å². The number of methoxy groups -OCH3 is 1. The fourth-order valence-corrected chi connectivity index (χ4v) is 7.28. The summed E-state index contributed by atoms with van der Waals surface area (Å²) < 4.78 is 11.6. The minimum atomic E-state index is -2.24. The molecule has 0 saturated carbocycles. The highest BCUT2D eigenvalue weighted by atomic mass is 32.9. The molecule has 0 bridgehead atoms. The van der Waals surface area contributed by atoms with Crippen molar-refractivity contribution in [3.8, 4) is 5.75 Å². The molecular weight excluding hydrogens is 379 g/mol. The predicted molar refractivity (Wildman–Crippen MR) is 116 cm³/mol. The zero-order valence-electron chi connectivity index (χ0n) is 14.6. The molecule has 0 aliphatic heterocycles. The van der Waals surface area contributed by atoms with E-state index in [1.165, 1.54) is 5.56 Å². The van der Waals surface area contributed by atoms with Gasteiger partial charge in [0.15, 0.2) is 0 Å². The molecule has 3 aromatic rings. The van der Waals surface area contributed by atoms with Gasteiger partial charge in [0, 0.05) is 11.1 Å². The van der Waals surface area contributed by atoms with Gasteiger partial charge in [0.2, 0.25) is 0 Å². The number of hydrogen-bond donors (Lipinski definition) is 0. The summed E-state index contributed by atoms with van der Waals surface area (Å²) in [5.74, 6) is 1.66. The van der Waals surface area contributed by atoms with Crippen molar-refractivity contribution < 1.29 is 9.26 Å². The summed E-state index contributed by atoms with van der Waals surface area (Å²) in [5, 5.41) is 1.06. The Hall–Kier alpha value is -1.58. The van der Waals surface area contributed by atoms with Crippen LogP contribution in [0.4, 0.5) is 0 Å². The lowest BCUT2D eigenvalue weighted by Gasteiger charge is -2.22. The van der Waals surface area contributed by atoms with Crippen LogP contribution in [0.15, 0.2) is 84.9 Å². The van der Waals surface area contributed by atoms with Gasteiger partial charge >= 0.3 is 0 Å². The van der Waals surface area contributed by atoms with Crippen molar-refractivity contribution in [2.24, 2.45) is 0 Å². The maximum Gasteiger partial charge on any atom is 0.149 e. The molecule has 0 N–H and O–H groups in total. The van der Waals surface area contributed by atoms with E-state index in [1.54, 1.807) is 18.5 Å². The molecule has 134 valence electrons. The number of ether oxygens (including phenoxy) is 1. The highest BCUT2D eigenvalue weighted by Gasteiger charge is 2.22. The SMILES string of the molecule is COc1ccc(P(=S)(OCc2ccccc2)SCc2ccccc2)cc1. The van der Waals surface area contributed by atoms with Crippen LogP contribution in [0.2, 0.25) is 0 Å². The monoisotopic (exact) mass is 400 g/mol.